The van der Waals surface area contributed by atoms with E-state index in [-0.39, 0.29) is 31.3 Å². The summed E-state index contributed by atoms with van der Waals surface area (Å²) in [5.41, 5.74) is -11.8. The Morgan fingerprint density at radius 3 is 1.37 bits per heavy atom. The quantitative estimate of drug-likeness (QED) is 0.0706. The number of carbonyl (C=O) groups is 4. The van der Waals surface area contributed by atoms with Gasteiger partial charge in [0.2, 0.25) is 5.41 Å². The molecule has 2 rings (SSSR count). The van der Waals surface area contributed by atoms with Gasteiger partial charge >= 0.3 is 24.3 Å². The number of amides is 2. The van der Waals surface area contributed by atoms with Crippen LogP contribution in [0.3, 0.4) is 0 Å². The molecule has 0 saturated carbocycles. The van der Waals surface area contributed by atoms with Crippen LogP contribution in [0.2, 0.25) is 38.3 Å². The van der Waals surface area contributed by atoms with Crippen LogP contribution in [0.4, 0.5) is 26.3 Å². The van der Waals surface area contributed by atoms with E-state index in [0.717, 1.165) is 0 Å². The molecule has 2 aromatic carbocycles. The number of carboxylic acid groups (broad SMARTS) is 2. The van der Waals surface area contributed by atoms with Gasteiger partial charge in [-0.25, -0.2) is 9.59 Å². The summed E-state index contributed by atoms with van der Waals surface area (Å²) in [5, 5.41) is 24.3. The summed E-state index contributed by atoms with van der Waals surface area (Å²) in [7, 11) is -4.14. The van der Waals surface area contributed by atoms with Crippen LogP contribution in [0, 0.1) is 0 Å². The highest BCUT2D eigenvalue weighted by Gasteiger charge is 2.72. The summed E-state index contributed by atoms with van der Waals surface area (Å²) in [5.74, 6) is -6.01. The molecule has 0 aliphatic heterocycles. The number of hydrogen-bond acceptors (Lipinski definition) is 6. The minimum Gasteiger partial charge on any atom is -0.478 e. The van der Waals surface area contributed by atoms with Crippen LogP contribution in [0.1, 0.15) is 79.2 Å². The molecule has 0 aliphatic carbocycles. The van der Waals surface area contributed by atoms with Crippen LogP contribution in [0.25, 0.3) is 0 Å². The third kappa shape index (κ3) is 10.6. The highest BCUT2D eigenvalue weighted by atomic mass is 28.4. The molecule has 0 spiro atoms. The maximum atomic E-state index is 15.0. The maximum absolute atomic E-state index is 15.0. The zero-order chi connectivity index (χ0) is 39.0. The second-order valence-corrected chi connectivity index (χ2v) is 21.6. The van der Waals surface area contributed by atoms with Crippen molar-refractivity contribution in [3.05, 3.63) is 69.8 Å². The van der Waals surface area contributed by atoms with Gasteiger partial charge in [0.05, 0.1) is 22.3 Å². The molecule has 0 aromatic heterocycles. The Balaban J connectivity index is 2.65. The van der Waals surface area contributed by atoms with Crippen LogP contribution in [0.5, 0.6) is 0 Å². The van der Waals surface area contributed by atoms with Gasteiger partial charge in [0.25, 0.3) is 11.8 Å². The smallest absolute Gasteiger partial charge is 0.411 e. The van der Waals surface area contributed by atoms with Crippen molar-refractivity contribution < 1.29 is 64.6 Å². The van der Waals surface area contributed by atoms with Crippen LogP contribution >= 0.6 is 0 Å². The summed E-state index contributed by atoms with van der Waals surface area (Å²) < 4.78 is 102. The topological polar surface area (TPSA) is 151 Å². The van der Waals surface area contributed by atoms with Gasteiger partial charge in [-0.2, -0.15) is 26.3 Å². The van der Waals surface area contributed by atoms with Gasteiger partial charge < -0.3 is 29.7 Å². The molecule has 51 heavy (non-hydrogen) atoms. The number of carbonyl (C=O) groups excluding carboxylic acids is 2. The van der Waals surface area contributed by atoms with Gasteiger partial charge in [-0.3, -0.25) is 9.59 Å². The second kappa shape index (κ2) is 17.2. The molecular formula is C33H44F6N2O8Si2. The lowest BCUT2D eigenvalue weighted by Gasteiger charge is -2.38. The number of aromatic carboxylic acids is 2. The van der Waals surface area contributed by atoms with Gasteiger partial charge in [-0.05, 0) is 100 Å². The number of rotatable bonds is 18. The lowest BCUT2D eigenvalue weighted by molar-refractivity contribution is -0.288. The fourth-order valence-corrected chi connectivity index (χ4v) is 9.74. The Morgan fingerprint density at radius 2 is 1.00 bits per heavy atom. The Hall–Kier alpha value is -3.75. The fourth-order valence-electron chi connectivity index (χ4n) is 5.83. The number of carboxylic acids is 2. The largest absolute Gasteiger partial charge is 0.478 e. The van der Waals surface area contributed by atoms with E-state index in [4.69, 9.17) is 8.85 Å². The van der Waals surface area contributed by atoms with E-state index in [1.807, 2.05) is 40.0 Å². The van der Waals surface area contributed by atoms with Crippen molar-refractivity contribution in [2.45, 2.75) is 82.7 Å². The van der Waals surface area contributed by atoms with Gasteiger partial charge in [0.1, 0.15) is 0 Å². The molecule has 284 valence electrons. The zero-order valence-corrected chi connectivity index (χ0v) is 31.2. The van der Waals surface area contributed by atoms with Crippen molar-refractivity contribution in [2.75, 3.05) is 26.3 Å². The van der Waals surface area contributed by atoms with Gasteiger partial charge in [-0.1, -0.05) is 12.1 Å². The van der Waals surface area contributed by atoms with E-state index in [2.05, 4.69) is 10.6 Å². The molecule has 2 amide bonds. The minimum absolute atomic E-state index is 0.0329. The van der Waals surface area contributed by atoms with Gasteiger partial charge in [0, 0.05) is 26.3 Å². The van der Waals surface area contributed by atoms with Crippen LogP contribution in [-0.2, 0) is 14.3 Å². The summed E-state index contributed by atoms with van der Waals surface area (Å²) in [6.45, 7) is 12.3. The first-order valence-corrected chi connectivity index (χ1v) is 22.4. The van der Waals surface area contributed by atoms with E-state index in [0.29, 0.717) is 56.3 Å². The van der Waals surface area contributed by atoms with E-state index in [1.54, 1.807) is 0 Å². The van der Waals surface area contributed by atoms with Crippen molar-refractivity contribution in [1.82, 2.24) is 10.6 Å². The SMILES string of the molecule is CCO[Si](C)(C)CCCNC(=O)c1ccc(C(c2ccc(C(=O)O)c(C(=O)NCCC[Si](C)(C)OCC)c2)(C(F)(F)F)C(F)(F)F)cc1C(=O)O. The zero-order valence-electron chi connectivity index (χ0n) is 29.2. The molecule has 0 atom stereocenters. The number of halogens is 6. The highest BCUT2D eigenvalue weighted by Crippen LogP contribution is 2.56. The molecule has 0 heterocycles. The van der Waals surface area contributed by atoms with E-state index in [9.17, 15) is 29.4 Å². The van der Waals surface area contributed by atoms with E-state index < -0.39 is 91.5 Å². The third-order valence-corrected chi connectivity index (χ3v) is 13.5. The molecule has 10 nitrogen and oxygen atoms in total. The summed E-state index contributed by atoms with van der Waals surface area (Å²) in [4.78, 5) is 50.1. The number of alkyl halides is 6. The van der Waals surface area contributed by atoms with Crippen molar-refractivity contribution in [1.29, 1.82) is 0 Å². The Kier molecular flexibility index (Phi) is 14.6. The molecular weight excluding hydrogens is 723 g/mol. The molecule has 0 bridgehead atoms. The molecule has 18 heteroatoms. The van der Waals surface area contributed by atoms with Crippen LogP contribution in [-0.4, -0.2) is 89.3 Å². The monoisotopic (exact) mass is 766 g/mol. The van der Waals surface area contributed by atoms with Gasteiger partial charge in [-0.15, -0.1) is 0 Å². The van der Waals surface area contributed by atoms with E-state index >= 15 is 26.3 Å². The minimum atomic E-state index is -6.21. The third-order valence-electron chi connectivity index (χ3n) is 8.26. The predicted octanol–water partition coefficient (Wildman–Crippen LogP) is 7.22. The van der Waals surface area contributed by atoms with Crippen molar-refractivity contribution in [3.63, 3.8) is 0 Å². The summed E-state index contributed by atoms with van der Waals surface area (Å²) in [6.07, 6.45) is -11.7. The first-order chi connectivity index (χ1) is 23.5. The highest BCUT2D eigenvalue weighted by molar-refractivity contribution is 6.71. The molecule has 0 saturated heterocycles. The lowest BCUT2D eigenvalue weighted by atomic mass is 9.71. The fraction of sp³-hybridized carbons (Fsp3) is 0.515. The first-order valence-electron chi connectivity index (χ1n) is 16.2. The van der Waals surface area contributed by atoms with Crippen molar-refractivity contribution in [2.24, 2.45) is 0 Å². The number of hydrogen-bond donors (Lipinski definition) is 4. The average molecular weight is 767 g/mol. The second-order valence-electron chi connectivity index (χ2n) is 13.0. The standard InChI is InChI=1S/C33H44F6N2O8Si2/c1-7-48-50(3,4)17-9-15-40-27(42)23-13-11-22(20-26(23)30(46)47)31(32(34,35)36,33(37,38)39)21-12-14-24(29(44)45)25(19-21)28(43)41-16-10-18-51(5,6)49-8-2/h11-14,19-20H,7-10,15-18H2,1-6H3,(H,40,42)(H,41,43)(H,44,45)(H,46,47). The predicted molar refractivity (Wildman–Crippen MR) is 181 cm³/mol. The Bertz CT molecular complexity index is 1570. The summed E-state index contributed by atoms with van der Waals surface area (Å²) in [6, 6.07) is 3.13. The first kappa shape index (κ1) is 43.4. The van der Waals surface area contributed by atoms with Crippen LogP contribution in [0.15, 0.2) is 36.4 Å². The lowest BCUT2D eigenvalue weighted by Crippen LogP contribution is -2.55. The molecule has 0 unspecified atom stereocenters. The Labute approximate surface area is 294 Å². The molecule has 0 aliphatic rings. The molecule has 0 fully saturated rings. The maximum Gasteiger partial charge on any atom is 0.411 e. The van der Waals surface area contributed by atoms with Crippen molar-refractivity contribution in [3.8, 4) is 0 Å². The molecule has 0 radical (unpaired) electrons. The van der Waals surface area contributed by atoms with Crippen LogP contribution < -0.4 is 10.6 Å². The number of nitrogens with one attached hydrogen (secondary N) is 2. The van der Waals surface area contributed by atoms with E-state index in [1.165, 1.54) is 0 Å². The average Bonchev–Trinajstić information content (AvgIpc) is 2.99. The molecule has 4 N–H and O–H groups in total. The Morgan fingerprint density at radius 1 is 0.627 bits per heavy atom. The normalized spacial score (nSPS) is 12.8. The van der Waals surface area contributed by atoms with Crippen molar-refractivity contribution >= 4 is 40.4 Å². The summed E-state index contributed by atoms with van der Waals surface area (Å²) >= 11 is 0. The van der Waals surface area contributed by atoms with Gasteiger partial charge in [0.15, 0.2) is 16.6 Å². The number of benzene rings is 2. The molecule has 2 aromatic rings.